The standard InChI is InChI=1S/C24H37NOS/c1-2-3-4-5-6-7-8-9-10-11-12-13-19-27-20-21-16-17-23(26)24-22(21)15-14-18-25-24/h14-18,26H,2-13,19-20H2,1H3. The third kappa shape index (κ3) is 8.55. The fourth-order valence-electron chi connectivity index (χ4n) is 3.57. The van der Waals surface area contributed by atoms with E-state index in [-0.39, 0.29) is 5.75 Å². The fourth-order valence-corrected chi connectivity index (χ4v) is 4.59. The highest BCUT2D eigenvalue weighted by Crippen LogP contribution is 2.28. The van der Waals surface area contributed by atoms with Crippen molar-refractivity contribution >= 4 is 22.7 Å². The van der Waals surface area contributed by atoms with Gasteiger partial charge in [0.05, 0.1) is 0 Å². The minimum Gasteiger partial charge on any atom is -0.506 e. The zero-order valence-corrected chi connectivity index (χ0v) is 17.9. The van der Waals surface area contributed by atoms with E-state index in [4.69, 9.17) is 0 Å². The molecule has 0 saturated carbocycles. The Morgan fingerprint density at radius 3 is 2.11 bits per heavy atom. The molecule has 0 fully saturated rings. The van der Waals surface area contributed by atoms with Crippen LogP contribution in [0.4, 0.5) is 0 Å². The maximum Gasteiger partial charge on any atom is 0.141 e. The van der Waals surface area contributed by atoms with Gasteiger partial charge in [0.2, 0.25) is 0 Å². The molecular weight excluding hydrogens is 350 g/mol. The quantitative estimate of drug-likeness (QED) is 0.315. The largest absolute Gasteiger partial charge is 0.506 e. The first kappa shape index (κ1) is 22.1. The Morgan fingerprint density at radius 2 is 1.44 bits per heavy atom. The summed E-state index contributed by atoms with van der Waals surface area (Å²) in [5, 5.41) is 11.0. The number of rotatable bonds is 15. The molecule has 0 amide bonds. The maximum absolute atomic E-state index is 9.92. The number of benzene rings is 1. The van der Waals surface area contributed by atoms with Crippen molar-refractivity contribution in [2.45, 2.75) is 89.7 Å². The van der Waals surface area contributed by atoms with Crippen LogP contribution in [0.15, 0.2) is 30.5 Å². The summed E-state index contributed by atoms with van der Waals surface area (Å²) in [7, 11) is 0. The van der Waals surface area contributed by atoms with Crippen LogP contribution < -0.4 is 0 Å². The van der Waals surface area contributed by atoms with E-state index in [1.165, 1.54) is 88.4 Å². The van der Waals surface area contributed by atoms with Crippen LogP contribution in [0.5, 0.6) is 5.75 Å². The number of aromatic nitrogens is 1. The summed E-state index contributed by atoms with van der Waals surface area (Å²) in [5.74, 6) is 2.50. The summed E-state index contributed by atoms with van der Waals surface area (Å²) < 4.78 is 0. The summed E-state index contributed by atoms with van der Waals surface area (Å²) in [6.45, 7) is 2.28. The molecule has 0 bridgehead atoms. The number of nitrogens with zero attached hydrogens (tertiary/aromatic N) is 1. The van der Waals surface area contributed by atoms with Crippen molar-refractivity contribution in [3.8, 4) is 5.75 Å². The normalized spacial score (nSPS) is 11.3. The summed E-state index contributed by atoms with van der Waals surface area (Å²) in [6, 6.07) is 7.81. The zero-order chi connectivity index (χ0) is 19.2. The Labute approximate surface area is 170 Å². The van der Waals surface area contributed by atoms with E-state index in [1.807, 2.05) is 23.9 Å². The minimum absolute atomic E-state index is 0.278. The Hall–Kier alpha value is -1.22. The van der Waals surface area contributed by atoms with Gasteiger partial charge in [-0.05, 0) is 29.9 Å². The van der Waals surface area contributed by atoms with Crippen molar-refractivity contribution < 1.29 is 5.11 Å². The van der Waals surface area contributed by atoms with E-state index in [0.29, 0.717) is 0 Å². The molecule has 0 spiro atoms. The molecule has 1 N–H and O–H groups in total. The second kappa shape index (κ2) is 13.9. The molecule has 1 aromatic heterocycles. The summed E-state index contributed by atoms with van der Waals surface area (Å²) in [6.07, 6.45) is 18.6. The molecule has 2 nitrogen and oxygen atoms in total. The van der Waals surface area contributed by atoms with Crippen LogP contribution in [0.2, 0.25) is 0 Å². The first-order chi connectivity index (χ1) is 13.3. The van der Waals surface area contributed by atoms with Gasteiger partial charge in [-0.3, -0.25) is 4.98 Å². The maximum atomic E-state index is 9.92. The molecule has 2 aromatic rings. The number of pyridine rings is 1. The Kier molecular flexibility index (Phi) is 11.3. The van der Waals surface area contributed by atoms with Crippen LogP contribution in [-0.4, -0.2) is 15.8 Å². The lowest BCUT2D eigenvalue weighted by atomic mass is 10.1. The van der Waals surface area contributed by atoms with E-state index in [9.17, 15) is 5.11 Å². The molecule has 0 aliphatic carbocycles. The van der Waals surface area contributed by atoms with Crippen molar-refractivity contribution in [1.82, 2.24) is 4.98 Å². The number of aromatic hydroxyl groups is 1. The van der Waals surface area contributed by atoms with Crippen molar-refractivity contribution in [1.29, 1.82) is 0 Å². The second-order valence-corrected chi connectivity index (χ2v) is 8.69. The smallest absolute Gasteiger partial charge is 0.141 e. The first-order valence-corrected chi connectivity index (χ1v) is 12.1. The molecule has 3 heteroatoms. The minimum atomic E-state index is 0.278. The van der Waals surface area contributed by atoms with Crippen LogP contribution >= 0.6 is 11.8 Å². The van der Waals surface area contributed by atoms with Gasteiger partial charge in [-0.2, -0.15) is 11.8 Å². The highest BCUT2D eigenvalue weighted by atomic mass is 32.2. The lowest BCUT2D eigenvalue weighted by molar-refractivity contribution is 0.480. The molecule has 0 aliphatic heterocycles. The lowest BCUT2D eigenvalue weighted by Gasteiger charge is -2.07. The average Bonchev–Trinajstić information content (AvgIpc) is 2.70. The third-order valence-corrected chi connectivity index (χ3v) is 6.33. The van der Waals surface area contributed by atoms with E-state index >= 15 is 0 Å². The number of phenolic OH excluding ortho intramolecular Hbond substituents is 1. The van der Waals surface area contributed by atoms with Crippen LogP contribution in [-0.2, 0) is 5.75 Å². The highest BCUT2D eigenvalue weighted by molar-refractivity contribution is 7.98. The van der Waals surface area contributed by atoms with E-state index in [2.05, 4.69) is 18.0 Å². The number of hydrogen-bond acceptors (Lipinski definition) is 3. The van der Waals surface area contributed by atoms with E-state index in [1.54, 1.807) is 12.3 Å². The van der Waals surface area contributed by atoms with E-state index in [0.717, 1.165) is 16.7 Å². The van der Waals surface area contributed by atoms with E-state index < -0.39 is 0 Å². The van der Waals surface area contributed by atoms with Gasteiger partial charge in [0.25, 0.3) is 0 Å². The summed E-state index contributed by atoms with van der Waals surface area (Å²) in [5.41, 5.74) is 2.00. The SMILES string of the molecule is CCCCCCCCCCCCCCSCc1ccc(O)c2ncccc12. The Balaban J connectivity index is 1.47. The topological polar surface area (TPSA) is 33.1 Å². The van der Waals surface area contributed by atoms with Gasteiger partial charge >= 0.3 is 0 Å². The monoisotopic (exact) mass is 387 g/mol. The predicted octanol–water partition coefficient (Wildman–Crippen LogP) is 7.87. The van der Waals surface area contributed by atoms with Crippen LogP contribution in [0.1, 0.15) is 89.5 Å². The molecule has 0 saturated heterocycles. The van der Waals surface area contributed by atoms with Crippen LogP contribution in [0.3, 0.4) is 0 Å². The van der Waals surface area contributed by atoms with Gasteiger partial charge < -0.3 is 5.11 Å². The van der Waals surface area contributed by atoms with Crippen LogP contribution in [0.25, 0.3) is 10.9 Å². The molecule has 1 heterocycles. The Morgan fingerprint density at radius 1 is 0.815 bits per heavy atom. The van der Waals surface area contributed by atoms with Gasteiger partial charge in [-0.25, -0.2) is 0 Å². The molecule has 1 aromatic carbocycles. The number of thioether (sulfide) groups is 1. The summed E-state index contributed by atoms with van der Waals surface area (Å²) >= 11 is 2.00. The molecule has 0 aliphatic rings. The third-order valence-electron chi connectivity index (χ3n) is 5.24. The molecule has 0 unspecified atom stereocenters. The Bertz CT molecular complexity index is 643. The van der Waals surface area contributed by atoms with Crippen molar-refractivity contribution in [3.05, 3.63) is 36.0 Å². The van der Waals surface area contributed by atoms with Gasteiger partial charge in [0, 0.05) is 17.3 Å². The van der Waals surface area contributed by atoms with Crippen molar-refractivity contribution in [3.63, 3.8) is 0 Å². The average molecular weight is 388 g/mol. The summed E-state index contributed by atoms with van der Waals surface area (Å²) in [4.78, 5) is 4.30. The molecule has 2 rings (SSSR count). The van der Waals surface area contributed by atoms with Gasteiger partial charge in [0.15, 0.2) is 0 Å². The molecule has 0 radical (unpaired) electrons. The molecular formula is C24H37NOS. The fraction of sp³-hybridized carbons (Fsp3) is 0.625. The van der Waals surface area contributed by atoms with Crippen molar-refractivity contribution in [2.24, 2.45) is 0 Å². The first-order valence-electron chi connectivity index (χ1n) is 11.0. The lowest BCUT2D eigenvalue weighted by Crippen LogP contribution is -1.89. The number of unbranched alkanes of at least 4 members (excludes halogenated alkanes) is 11. The van der Waals surface area contributed by atoms with Crippen molar-refractivity contribution in [2.75, 3.05) is 5.75 Å². The van der Waals surface area contributed by atoms with Gasteiger partial charge in [-0.1, -0.05) is 89.7 Å². The number of hydrogen-bond donors (Lipinski definition) is 1. The number of phenols is 1. The molecule has 0 atom stereocenters. The number of fused-ring (bicyclic) bond motifs is 1. The molecule has 27 heavy (non-hydrogen) atoms. The van der Waals surface area contributed by atoms with Crippen LogP contribution in [0, 0.1) is 0 Å². The zero-order valence-electron chi connectivity index (χ0n) is 17.1. The predicted molar refractivity (Wildman–Crippen MR) is 121 cm³/mol. The van der Waals surface area contributed by atoms with Gasteiger partial charge in [-0.15, -0.1) is 0 Å². The molecule has 150 valence electrons. The van der Waals surface area contributed by atoms with Gasteiger partial charge in [0.1, 0.15) is 11.3 Å². The highest BCUT2D eigenvalue weighted by Gasteiger charge is 2.05. The second-order valence-electron chi connectivity index (χ2n) is 7.59.